The lowest BCUT2D eigenvalue weighted by molar-refractivity contribution is -0.114. The molecule has 1 amide bonds. The zero-order valence-electron chi connectivity index (χ0n) is 12.2. The van der Waals surface area contributed by atoms with E-state index in [4.69, 9.17) is 0 Å². The number of ketones is 1. The first-order valence-corrected chi connectivity index (χ1v) is 7.06. The maximum atomic E-state index is 12.7. The summed E-state index contributed by atoms with van der Waals surface area (Å²) in [6.45, 7) is 1.44. The van der Waals surface area contributed by atoms with Crippen LogP contribution in [0, 0.1) is 0 Å². The van der Waals surface area contributed by atoms with E-state index in [-0.39, 0.29) is 11.7 Å². The number of benzene rings is 3. The average Bonchev–Trinajstić information content (AvgIpc) is 2.55. The zero-order chi connectivity index (χ0) is 15.5. The van der Waals surface area contributed by atoms with Crippen molar-refractivity contribution in [1.29, 1.82) is 0 Å². The summed E-state index contributed by atoms with van der Waals surface area (Å²) < 4.78 is 0. The molecule has 0 saturated carbocycles. The highest BCUT2D eigenvalue weighted by molar-refractivity contribution is 6.18. The minimum Gasteiger partial charge on any atom is -0.325 e. The number of nitrogens with one attached hydrogen (secondary N) is 1. The van der Waals surface area contributed by atoms with E-state index in [0.29, 0.717) is 16.8 Å². The molecule has 3 aromatic carbocycles. The molecule has 3 nitrogen and oxygen atoms in total. The molecule has 3 rings (SSSR count). The van der Waals surface area contributed by atoms with Crippen LogP contribution in [-0.4, -0.2) is 11.7 Å². The molecule has 0 heterocycles. The van der Waals surface area contributed by atoms with Crippen LogP contribution in [0.1, 0.15) is 22.8 Å². The molecule has 3 aromatic rings. The Morgan fingerprint density at radius 3 is 2.23 bits per heavy atom. The van der Waals surface area contributed by atoms with Crippen LogP contribution in [0.25, 0.3) is 10.8 Å². The van der Waals surface area contributed by atoms with Crippen LogP contribution < -0.4 is 5.32 Å². The second kappa shape index (κ2) is 5.82. The van der Waals surface area contributed by atoms with Crippen LogP contribution in [-0.2, 0) is 4.79 Å². The van der Waals surface area contributed by atoms with Gasteiger partial charge in [0.1, 0.15) is 0 Å². The summed E-state index contributed by atoms with van der Waals surface area (Å²) in [5.41, 5.74) is 1.67. The molecular weight excluding hydrogens is 274 g/mol. The monoisotopic (exact) mass is 289 g/mol. The molecule has 0 aliphatic rings. The van der Waals surface area contributed by atoms with Crippen molar-refractivity contribution >= 4 is 28.2 Å². The molecule has 0 fully saturated rings. The SMILES string of the molecule is CC(=O)Nc1c(C(=O)c2ccccc2)ccc2ccccc12. The van der Waals surface area contributed by atoms with Crippen molar-refractivity contribution in [3.63, 3.8) is 0 Å². The molecule has 0 radical (unpaired) electrons. The minimum absolute atomic E-state index is 0.102. The van der Waals surface area contributed by atoms with Crippen molar-refractivity contribution in [1.82, 2.24) is 0 Å². The van der Waals surface area contributed by atoms with Gasteiger partial charge < -0.3 is 5.32 Å². The predicted octanol–water partition coefficient (Wildman–Crippen LogP) is 4.03. The highest BCUT2D eigenvalue weighted by atomic mass is 16.1. The lowest BCUT2D eigenvalue weighted by Crippen LogP contribution is -2.12. The zero-order valence-corrected chi connectivity index (χ0v) is 12.2. The first kappa shape index (κ1) is 14.0. The summed E-state index contributed by atoms with van der Waals surface area (Å²) in [5, 5.41) is 4.65. The predicted molar refractivity (Wildman–Crippen MR) is 88.1 cm³/mol. The minimum atomic E-state index is -0.196. The quantitative estimate of drug-likeness (QED) is 0.740. The average molecular weight is 289 g/mol. The number of amides is 1. The van der Waals surface area contributed by atoms with Gasteiger partial charge in [0.25, 0.3) is 0 Å². The van der Waals surface area contributed by atoms with E-state index >= 15 is 0 Å². The van der Waals surface area contributed by atoms with Crippen molar-refractivity contribution in [2.75, 3.05) is 5.32 Å². The Kier molecular flexibility index (Phi) is 3.71. The van der Waals surface area contributed by atoms with Gasteiger partial charge in [0, 0.05) is 23.4 Å². The van der Waals surface area contributed by atoms with Crippen LogP contribution in [0.15, 0.2) is 66.7 Å². The maximum absolute atomic E-state index is 12.7. The number of carbonyl (C=O) groups excluding carboxylic acids is 2. The Balaban J connectivity index is 2.20. The Bertz CT molecular complexity index is 854. The number of carbonyl (C=O) groups is 2. The number of hydrogen-bond donors (Lipinski definition) is 1. The number of hydrogen-bond acceptors (Lipinski definition) is 2. The first-order valence-electron chi connectivity index (χ1n) is 7.06. The molecule has 3 heteroatoms. The van der Waals surface area contributed by atoms with Gasteiger partial charge in [-0.1, -0.05) is 60.7 Å². The van der Waals surface area contributed by atoms with Crippen molar-refractivity contribution in [2.24, 2.45) is 0 Å². The standard InChI is InChI=1S/C19H15NO2/c1-13(21)20-18-16-10-6-5-7-14(16)11-12-17(18)19(22)15-8-3-2-4-9-15/h2-12H,1H3,(H,20,21). The molecule has 0 aromatic heterocycles. The van der Waals surface area contributed by atoms with Gasteiger partial charge in [-0.3, -0.25) is 9.59 Å². The largest absolute Gasteiger partial charge is 0.325 e. The van der Waals surface area contributed by atoms with Gasteiger partial charge >= 0.3 is 0 Å². The third kappa shape index (κ3) is 2.61. The molecular formula is C19H15NO2. The summed E-state index contributed by atoms with van der Waals surface area (Å²) >= 11 is 0. The molecule has 0 aliphatic carbocycles. The Labute approximate surface area is 128 Å². The van der Waals surface area contributed by atoms with Gasteiger partial charge in [-0.2, -0.15) is 0 Å². The summed E-state index contributed by atoms with van der Waals surface area (Å²) in [5.74, 6) is -0.298. The van der Waals surface area contributed by atoms with Crippen LogP contribution in [0.4, 0.5) is 5.69 Å². The Morgan fingerprint density at radius 1 is 0.818 bits per heavy atom. The highest BCUT2D eigenvalue weighted by Gasteiger charge is 2.16. The van der Waals surface area contributed by atoms with E-state index in [9.17, 15) is 9.59 Å². The molecule has 1 N–H and O–H groups in total. The summed E-state index contributed by atoms with van der Waals surface area (Å²) in [6, 6.07) is 20.4. The van der Waals surface area contributed by atoms with Gasteiger partial charge in [-0.15, -0.1) is 0 Å². The third-order valence-corrected chi connectivity index (χ3v) is 3.51. The molecule has 0 atom stereocenters. The van der Waals surface area contributed by atoms with E-state index in [2.05, 4.69) is 5.32 Å². The molecule has 108 valence electrons. The van der Waals surface area contributed by atoms with Crippen molar-refractivity contribution < 1.29 is 9.59 Å². The molecule has 0 spiro atoms. The number of rotatable bonds is 3. The second-order valence-corrected chi connectivity index (χ2v) is 5.09. The van der Waals surface area contributed by atoms with Gasteiger partial charge in [0.05, 0.1) is 5.69 Å². The fourth-order valence-corrected chi connectivity index (χ4v) is 2.52. The third-order valence-electron chi connectivity index (χ3n) is 3.51. The molecule has 0 saturated heterocycles. The van der Waals surface area contributed by atoms with E-state index in [1.165, 1.54) is 6.92 Å². The lowest BCUT2D eigenvalue weighted by Gasteiger charge is -2.13. The highest BCUT2D eigenvalue weighted by Crippen LogP contribution is 2.29. The fourth-order valence-electron chi connectivity index (χ4n) is 2.52. The topological polar surface area (TPSA) is 46.2 Å². The normalized spacial score (nSPS) is 10.4. The van der Waals surface area contributed by atoms with Crippen LogP contribution in [0.5, 0.6) is 0 Å². The Hall–Kier alpha value is -2.94. The number of fused-ring (bicyclic) bond motifs is 1. The summed E-state index contributed by atoms with van der Waals surface area (Å²) in [4.78, 5) is 24.3. The van der Waals surface area contributed by atoms with Gasteiger partial charge in [0.2, 0.25) is 5.91 Å². The van der Waals surface area contributed by atoms with E-state index < -0.39 is 0 Å². The smallest absolute Gasteiger partial charge is 0.221 e. The van der Waals surface area contributed by atoms with Crippen molar-refractivity contribution in [3.05, 3.63) is 77.9 Å². The maximum Gasteiger partial charge on any atom is 0.221 e. The van der Waals surface area contributed by atoms with Crippen LogP contribution >= 0.6 is 0 Å². The van der Waals surface area contributed by atoms with Crippen LogP contribution in [0.3, 0.4) is 0 Å². The first-order chi connectivity index (χ1) is 10.7. The van der Waals surface area contributed by atoms with Crippen molar-refractivity contribution in [3.8, 4) is 0 Å². The lowest BCUT2D eigenvalue weighted by atomic mass is 9.97. The van der Waals surface area contributed by atoms with Gasteiger partial charge in [-0.05, 0) is 11.5 Å². The molecule has 0 aliphatic heterocycles. The summed E-state index contributed by atoms with van der Waals surface area (Å²) in [7, 11) is 0. The molecule has 0 unspecified atom stereocenters. The summed E-state index contributed by atoms with van der Waals surface area (Å²) in [6.07, 6.45) is 0. The number of anilines is 1. The van der Waals surface area contributed by atoms with Crippen molar-refractivity contribution in [2.45, 2.75) is 6.92 Å². The van der Waals surface area contributed by atoms with Gasteiger partial charge in [-0.25, -0.2) is 0 Å². The molecule has 22 heavy (non-hydrogen) atoms. The Morgan fingerprint density at radius 2 is 1.50 bits per heavy atom. The van der Waals surface area contributed by atoms with E-state index in [0.717, 1.165) is 10.8 Å². The van der Waals surface area contributed by atoms with Crippen LogP contribution in [0.2, 0.25) is 0 Å². The molecule has 0 bridgehead atoms. The van der Waals surface area contributed by atoms with E-state index in [1.807, 2.05) is 48.5 Å². The van der Waals surface area contributed by atoms with Gasteiger partial charge in [0.15, 0.2) is 5.78 Å². The fraction of sp³-hybridized carbons (Fsp3) is 0.0526. The van der Waals surface area contributed by atoms with E-state index in [1.54, 1.807) is 18.2 Å². The second-order valence-electron chi connectivity index (χ2n) is 5.09.